The molecule has 1 fully saturated rings. The van der Waals surface area contributed by atoms with Gasteiger partial charge in [0.1, 0.15) is 0 Å². The molecule has 1 atom stereocenters. The predicted octanol–water partition coefficient (Wildman–Crippen LogP) is 3.91. The number of nitrogens with zero attached hydrogens (tertiary/aromatic N) is 2. The normalized spacial score (nSPS) is 19.3. The summed E-state index contributed by atoms with van der Waals surface area (Å²) in [6.45, 7) is 5.50. The van der Waals surface area contributed by atoms with Gasteiger partial charge in [0.15, 0.2) is 0 Å². The Morgan fingerprint density at radius 2 is 2.30 bits per heavy atom. The Hall–Kier alpha value is -1.20. The third-order valence-corrected chi connectivity index (χ3v) is 5.76. The summed E-state index contributed by atoms with van der Waals surface area (Å²) in [7, 11) is 0. The zero-order chi connectivity index (χ0) is 14.1. The van der Waals surface area contributed by atoms with Crippen molar-refractivity contribution in [3.63, 3.8) is 0 Å². The second kappa shape index (κ2) is 5.66. The highest BCUT2D eigenvalue weighted by molar-refractivity contribution is 7.16. The maximum atomic E-state index is 11.5. The van der Waals surface area contributed by atoms with Crippen LogP contribution < -0.4 is 0 Å². The van der Waals surface area contributed by atoms with Crippen molar-refractivity contribution in [2.75, 3.05) is 13.1 Å². The molecule has 3 rings (SSSR count). The van der Waals surface area contributed by atoms with E-state index >= 15 is 0 Å². The molecule has 2 aromatic rings. The van der Waals surface area contributed by atoms with Crippen LogP contribution in [0.4, 0.5) is 0 Å². The Bertz CT molecular complexity index is 617. The molecule has 5 heteroatoms. The summed E-state index contributed by atoms with van der Waals surface area (Å²) in [5, 5.41) is 3.32. The molecule has 0 bridgehead atoms. The topological polar surface area (TPSA) is 33.2 Å². The number of thiazole rings is 1. The molecule has 2 aromatic heterocycles. The summed E-state index contributed by atoms with van der Waals surface area (Å²) in [5.74, 6) is 0.591. The summed E-state index contributed by atoms with van der Waals surface area (Å²) < 4.78 is 0. The number of piperidine rings is 1. The quantitative estimate of drug-likeness (QED) is 0.843. The Morgan fingerprint density at radius 1 is 1.45 bits per heavy atom. The summed E-state index contributed by atoms with van der Waals surface area (Å²) in [5.41, 5.74) is 1.09. The van der Waals surface area contributed by atoms with Crippen molar-refractivity contribution in [1.29, 1.82) is 0 Å². The summed E-state index contributed by atoms with van der Waals surface area (Å²) >= 11 is 3.52. The van der Waals surface area contributed by atoms with Crippen molar-refractivity contribution in [2.45, 2.75) is 32.6 Å². The number of thiophene rings is 1. The van der Waals surface area contributed by atoms with E-state index in [4.69, 9.17) is 4.98 Å². The number of rotatable bonds is 2. The SMILES string of the molecule is CC(=O)N1CCCC(c2nc(-c3ccc(C)s3)cs2)C1. The standard InChI is InChI=1S/C15H18N2OS2/c1-10-5-6-14(20-10)13-9-19-15(16-13)12-4-3-7-17(8-12)11(2)18/h5-6,9,12H,3-4,7-8H2,1-2H3. The molecule has 1 aliphatic heterocycles. The van der Waals surface area contributed by atoms with Crippen molar-refractivity contribution in [3.8, 4) is 10.6 Å². The lowest BCUT2D eigenvalue weighted by Gasteiger charge is -2.30. The molecule has 1 amide bonds. The number of hydrogen-bond acceptors (Lipinski definition) is 4. The number of hydrogen-bond donors (Lipinski definition) is 0. The van der Waals surface area contributed by atoms with Crippen molar-refractivity contribution in [2.24, 2.45) is 0 Å². The van der Waals surface area contributed by atoms with Gasteiger partial charge in [-0.05, 0) is 31.9 Å². The summed E-state index contributed by atoms with van der Waals surface area (Å²) in [6, 6.07) is 4.28. The van der Waals surface area contributed by atoms with Crippen LogP contribution in [0, 0.1) is 6.92 Å². The van der Waals surface area contributed by atoms with Gasteiger partial charge >= 0.3 is 0 Å². The predicted molar refractivity (Wildman–Crippen MR) is 84.4 cm³/mol. The third kappa shape index (κ3) is 2.79. The monoisotopic (exact) mass is 306 g/mol. The van der Waals surface area contributed by atoms with Gasteiger partial charge in [0, 0.05) is 36.2 Å². The molecule has 0 N–H and O–H groups in total. The molecule has 1 saturated heterocycles. The molecule has 0 spiro atoms. The smallest absolute Gasteiger partial charge is 0.219 e. The molecule has 20 heavy (non-hydrogen) atoms. The molecule has 3 nitrogen and oxygen atoms in total. The number of amides is 1. The first-order valence-corrected chi connectivity index (χ1v) is 8.61. The van der Waals surface area contributed by atoms with Crippen molar-refractivity contribution in [1.82, 2.24) is 9.88 Å². The number of aromatic nitrogens is 1. The van der Waals surface area contributed by atoms with Crippen LogP contribution in [0.25, 0.3) is 10.6 Å². The fourth-order valence-corrected chi connectivity index (χ4v) is 4.48. The molecular weight excluding hydrogens is 288 g/mol. The lowest BCUT2D eigenvalue weighted by Crippen LogP contribution is -2.37. The third-order valence-electron chi connectivity index (χ3n) is 3.73. The van der Waals surface area contributed by atoms with E-state index in [1.807, 2.05) is 4.90 Å². The summed E-state index contributed by atoms with van der Waals surface area (Å²) in [6.07, 6.45) is 2.22. The molecule has 1 aliphatic rings. The second-order valence-corrected chi connectivity index (χ2v) is 7.46. The highest BCUT2D eigenvalue weighted by atomic mass is 32.1. The average Bonchev–Trinajstić information content (AvgIpc) is 3.07. The van der Waals surface area contributed by atoms with E-state index in [0.29, 0.717) is 5.92 Å². The number of likely N-dealkylation sites (tertiary alicyclic amines) is 1. The van der Waals surface area contributed by atoms with E-state index in [9.17, 15) is 4.79 Å². The van der Waals surface area contributed by atoms with E-state index in [2.05, 4.69) is 24.4 Å². The first-order chi connectivity index (χ1) is 9.63. The van der Waals surface area contributed by atoms with Gasteiger partial charge in [-0.15, -0.1) is 22.7 Å². The minimum absolute atomic E-state index is 0.181. The fraction of sp³-hybridized carbons (Fsp3) is 0.467. The molecule has 106 valence electrons. The first-order valence-electron chi connectivity index (χ1n) is 6.91. The number of aryl methyl sites for hydroxylation is 1. The molecule has 0 aromatic carbocycles. The maximum Gasteiger partial charge on any atom is 0.219 e. The maximum absolute atomic E-state index is 11.5. The zero-order valence-corrected chi connectivity index (χ0v) is 13.4. The molecule has 0 radical (unpaired) electrons. The van der Waals surface area contributed by atoms with Gasteiger partial charge in [0.2, 0.25) is 5.91 Å². The van der Waals surface area contributed by atoms with Gasteiger partial charge in [-0.3, -0.25) is 4.79 Å². The Balaban J connectivity index is 1.78. The second-order valence-electron chi connectivity index (χ2n) is 5.29. The average molecular weight is 306 g/mol. The lowest BCUT2D eigenvalue weighted by atomic mass is 9.99. The highest BCUT2D eigenvalue weighted by Crippen LogP contribution is 2.34. The van der Waals surface area contributed by atoms with Crippen LogP contribution >= 0.6 is 22.7 Å². The van der Waals surface area contributed by atoms with Crippen LogP contribution in [0.15, 0.2) is 17.5 Å². The van der Waals surface area contributed by atoms with Gasteiger partial charge in [-0.1, -0.05) is 0 Å². The van der Waals surface area contributed by atoms with Crippen LogP contribution in [-0.4, -0.2) is 28.9 Å². The van der Waals surface area contributed by atoms with Gasteiger partial charge in [0.25, 0.3) is 0 Å². The van der Waals surface area contributed by atoms with E-state index in [1.54, 1.807) is 29.6 Å². The first kappa shape index (κ1) is 13.8. The van der Waals surface area contributed by atoms with Gasteiger partial charge in [0.05, 0.1) is 15.6 Å². The van der Waals surface area contributed by atoms with Gasteiger partial charge in [-0.25, -0.2) is 4.98 Å². The number of carbonyl (C=O) groups is 1. The van der Waals surface area contributed by atoms with Crippen LogP contribution in [-0.2, 0) is 4.79 Å². The Labute approximate surface area is 127 Å². The lowest BCUT2D eigenvalue weighted by molar-refractivity contribution is -0.130. The summed E-state index contributed by atoms with van der Waals surface area (Å²) in [4.78, 5) is 20.8. The Kier molecular flexibility index (Phi) is 3.89. The van der Waals surface area contributed by atoms with Crippen LogP contribution in [0.2, 0.25) is 0 Å². The zero-order valence-electron chi connectivity index (χ0n) is 11.8. The van der Waals surface area contributed by atoms with Gasteiger partial charge in [-0.2, -0.15) is 0 Å². The van der Waals surface area contributed by atoms with Crippen LogP contribution in [0.1, 0.15) is 35.6 Å². The van der Waals surface area contributed by atoms with E-state index in [-0.39, 0.29) is 5.91 Å². The van der Waals surface area contributed by atoms with Gasteiger partial charge < -0.3 is 4.90 Å². The minimum atomic E-state index is 0.181. The largest absolute Gasteiger partial charge is 0.342 e. The minimum Gasteiger partial charge on any atom is -0.342 e. The molecule has 1 unspecified atom stereocenters. The van der Waals surface area contributed by atoms with Crippen molar-refractivity contribution >= 4 is 28.6 Å². The van der Waals surface area contributed by atoms with Crippen LogP contribution in [0.5, 0.6) is 0 Å². The molecule has 0 saturated carbocycles. The van der Waals surface area contributed by atoms with E-state index in [1.165, 1.54) is 14.8 Å². The van der Waals surface area contributed by atoms with Crippen molar-refractivity contribution in [3.05, 3.63) is 27.4 Å². The molecule has 0 aliphatic carbocycles. The molecular formula is C15H18N2OS2. The van der Waals surface area contributed by atoms with E-state index < -0.39 is 0 Å². The van der Waals surface area contributed by atoms with Crippen LogP contribution in [0.3, 0.4) is 0 Å². The number of carbonyl (C=O) groups excluding carboxylic acids is 1. The van der Waals surface area contributed by atoms with E-state index in [0.717, 1.165) is 31.6 Å². The highest BCUT2D eigenvalue weighted by Gasteiger charge is 2.25. The fourth-order valence-electron chi connectivity index (χ4n) is 2.63. The van der Waals surface area contributed by atoms with Crippen molar-refractivity contribution < 1.29 is 4.79 Å². The Morgan fingerprint density at radius 3 is 3.00 bits per heavy atom. The molecule has 3 heterocycles.